The Labute approximate surface area is 198 Å². The number of ketones is 1. The second kappa shape index (κ2) is 7.67. The first kappa shape index (κ1) is 20.4. The number of ether oxygens (including phenoxy) is 4. The normalized spacial score (nSPS) is 15.0. The van der Waals surface area contributed by atoms with Gasteiger partial charge in [0.25, 0.3) is 0 Å². The van der Waals surface area contributed by atoms with Crippen LogP contribution in [0.4, 0.5) is 0 Å². The van der Waals surface area contributed by atoms with Gasteiger partial charge in [0.05, 0.1) is 5.56 Å². The van der Waals surface area contributed by atoms with Crippen LogP contribution >= 0.6 is 11.6 Å². The molecule has 4 aromatic rings. The van der Waals surface area contributed by atoms with Crippen molar-refractivity contribution in [3.05, 3.63) is 87.8 Å². The van der Waals surface area contributed by atoms with E-state index in [4.69, 9.17) is 35.0 Å². The summed E-state index contributed by atoms with van der Waals surface area (Å²) in [7, 11) is 0. The predicted molar refractivity (Wildman–Crippen MR) is 123 cm³/mol. The van der Waals surface area contributed by atoms with Crippen LogP contribution in [0.2, 0.25) is 5.02 Å². The molecule has 0 radical (unpaired) electrons. The van der Waals surface area contributed by atoms with Crippen LogP contribution in [0.15, 0.2) is 64.8 Å². The van der Waals surface area contributed by atoms with Gasteiger partial charge in [-0.2, -0.15) is 0 Å². The highest BCUT2D eigenvalue weighted by Gasteiger charge is 2.31. The second-order valence-electron chi connectivity index (χ2n) is 7.85. The van der Waals surface area contributed by atoms with E-state index < -0.39 is 5.97 Å². The molecule has 0 amide bonds. The fourth-order valence-electron chi connectivity index (χ4n) is 3.96. The highest BCUT2D eigenvalue weighted by molar-refractivity contribution is 6.31. The van der Waals surface area contributed by atoms with Gasteiger partial charge in [0, 0.05) is 16.5 Å². The molecule has 0 saturated carbocycles. The van der Waals surface area contributed by atoms with Crippen molar-refractivity contribution in [2.24, 2.45) is 0 Å². The summed E-state index contributed by atoms with van der Waals surface area (Å²) in [4.78, 5) is 25.6. The molecule has 0 saturated heterocycles. The van der Waals surface area contributed by atoms with E-state index in [1.54, 1.807) is 61.5 Å². The van der Waals surface area contributed by atoms with Crippen molar-refractivity contribution >= 4 is 40.4 Å². The van der Waals surface area contributed by atoms with Crippen LogP contribution < -0.4 is 18.9 Å². The van der Waals surface area contributed by atoms with Crippen LogP contribution in [-0.2, 0) is 0 Å². The number of esters is 1. The SMILES string of the molecule is Cc1cc(OC(=O)c2cc3cc(Cl)ccc3o2)cc2c1C(=O)/C(=C/c1ccc3c(c1)OCO3)O2. The largest absolute Gasteiger partial charge is 0.454 e. The molecule has 34 heavy (non-hydrogen) atoms. The summed E-state index contributed by atoms with van der Waals surface area (Å²) < 4.78 is 27.6. The third-order valence-electron chi connectivity index (χ3n) is 5.53. The molecule has 2 aliphatic rings. The predicted octanol–water partition coefficient (Wildman–Crippen LogP) is 5.96. The molecule has 7 nitrogen and oxygen atoms in total. The van der Waals surface area contributed by atoms with Gasteiger partial charge in [-0.15, -0.1) is 0 Å². The monoisotopic (exact) mass is 474 g/mol. The first-order valence-corrected chi connectivity index (χ1v) is 10.7. The minimum atomic E-state index is -0.674. The lowest BCUT2D eigenvalue weighted by molar-refractivity contribution is 0.0703. The van der Waals surface area contributed by atoms with Crippen molar-refractivity contribution in [1.29, 1.82) is 0 Å². The highest BCUT2D eigenvalue weighted by atomic mass is 35.5. The molecular weight excluding hydrogens is 460 g/mol. The van der Waals surface area contributed by atoms with Crippen LogP contribution in [-0.4, -0.2) is 18.5 Å². The summed E-state index contributed by atoms with van der Waals surface area (Å²) >= 11 is 5.99. The van der Waals surface area contributed by atoms with Crippen molar-refractivity contribution in [2.75, 3.05) is 6.79 Å². The van der Waals surface area contributed by atoms with E-state index in [2.05, 4.69) is 0 Å². The lowest BCUT2D eigenvalue weighted by Crippen LogP contribution is -2.07. The molecule has 3 aromatic carbocycles. The first-order valence-electron chi connectivity index (χ1n) is 10.3. The number of rotatable bonds is 3. The standard InChI is InChI=1S/C26H15ClO7/c1-13-6-17(32-26(29)23-10-15-9-16(27)3-5-18(15)33-23)11-21-24(13)25(28)22(34-21)8-14-2-4-19-20(7-14)31-12-30-19/h2-11H,12H2,1H3/b22-8-. The Morgan fingerprint density at radius 3 is 2.74 bits per heavy atom. The Morgan fingerprint density at radius 1 is 1.00 bits per heavy atom. The average molecular weight is 475 g/mol. The second-order valence-corrected chi connectivity index (χ2v) is 8.28. The van der Waals surface area contributed by atoms with E-state index in [1.165, 1.54) is 6.07 Å². The van der Waals surface area contributed by atoms with Crippen LogP contribution in [0.25, 0.3) is 17.0 Å². The molecule has 0 atom stereocenters. The summed E-state index contributed by atoms with van der Waals surface area (Å²) in [6.45, 7) is 1.92. The lowest BCUT2D eigenvalue weighted by atomic mass is 10.0. The van der Waals surface area contributed by atoms with Gasteiger partial charge in [-0.05, 0) is 66.6 Å². The van der Waals surface area contributed by atoms with E-state index >= 15 is 0 Å². The van der Waals surface area contributed by atoms with Crippen LogP contribution in [0.1, 0.15) is 32.0 Å². The van der Waals surface area contributed by atoms with Crippen LogP contribution in [0.5, 0.6) is 23.0 Å². The molecule has 0 bridgehead atoms. The van der Waals surface area contributed by atoms with Gasteiger partial charge in [-0.25, -0.2) is 4.79 Å². The van der Waals surface area contributed by atoms with E-state index in [-0.39, 0.29) is 29.8 Å². The maximum absolute atomic E-state index is 13.0. The quantitative estimate of drug-likeness (QED) is 0.206. The van der Waals surface area contributed by atoms with Crippen molar-refractivity contribution in [2.45, 2.75) is 6.92 Å². The number of furan rings is 1. The summed E-state index contributed by atoms with van der Waals surface area (Å²) in [5.41, 5.74) is 2.30. The van der Waals surface area contributed by atoms with Crippen LogP contribution in [0, 0.1) is 6.92 Å². The minimum Gasteiger partial charge on any atom is -0.454 e. The molecule has 6 rings (SSSR count). The van der Waals surface area contributed by atoms with Crippen molar-refractivity contribution < 1.29 is 33.0 Å². The molecule has 0 spiro atoms. The highest BCUT2D eigenvalue weighted by Crippen LogP contribution is 2.39. The van der Waals surface area contributed by atoms with Gasteiger partial charge in [0.2, 0.25) is 18.3 Å². The van der Waals surface area contributed by atoms with Crippen molar-refractivity contribution in [3.8, 4) is 23.0 Å². The molecule has 0 fully saturated rings. The number of carbonyl (C=O) groups excluding carboxylic acids is 2. The summed E-state index contributed by atoms with van der Waals surface area (Å²) in [5.74, 6) is 1.08. The first-order chi connectivity index (χ1) is 16.4. The molecular formula is C26H15ClO7. The summed E-state index contributed by atoms with van der Waals surface area (Å²) in [6, 6.07) is 15.1. The number of benzene rings is 3. The Kier molecular flexibility index (Phi) is 4.60. The number of aryl methyl sites for hydroxylation is 1. The number of fused-ring (bicyclic) bond motifs is 3. The number of carbonyl (C=O) groups is 2. The van der Waals surface area contributed by atoms with Crippen LogP contribution in [0.3, 0.4) is 0 Å². The zero-order valence-corrected chi connectivity index (χ0v) is 18.5. The Hall–Kier alpha value is -4.23. The number of hydrogen-bond donors (Lipinski definition) is 0. The van der Waals surface area contributed by atoms with Gasteiger partial charge < -0.3 is 23.4 Å². The van der Waals surface area contributed by atoms with Gasteiger partial charge in [0.1, 0.15) is 17.1 Å². The molecule has 3 heterocycles. The van der Waals surface area contributed by atoms with E-state index in [1.807, 2.05) is 0 Å². The minimum absolute atomic E-state index is 0.0378. The summed E-state index contributed by atoms with van der Waals surface area (Å²) in [6.07, 6.45) is 1.63. The molecule has 168 valence electrons. The number of allylic oxidation sites excluding steroid dienone is 1. The van der Waals surface area contributed by atoms with Gasteiger partial charge in [0.15, 0.2) is 17.3 Å². The maximum Gasteiger partial charge on any atom is 0.379 e. The van der Waals surface area contributed by atoms with E-state index in [0.29, 0.717) is 44.4 Å². The Bertz CT molecular complexity index is 1550. The molecule has 0 unspecified atom stereocenters. The molecule has 0 N–H and O–H groups in total. The average Bonchev–Trinajstić information content (AvgIpc) is 3.51. The topological polar surface area (TPSA) is 84.2 Å². The smallest absolute Gasteiger partial charge is 0.379 e. The van der Waals surface area contributed by atoms with Gasteiger partial charge in [-0.1, -0.05) is 17.7 Å². The number of hydrogen-bond acceptors (Lipinski definition) is 7. The fourth-order valence-corrected chi connectivity index (χ4v) is 4.14. The van der Waals surface area contributed by atoms with Crippen molar-refractivity contribution in [3.63, 3.8) is 0 Å². The van der Waals surface area contributed by atoms with Gasteiger partial charge >= 0.3 is 5.97 Å². The Balaban J connectivity index is 1.26. The molecule has 1 aromatic heterocycles. The molecule has 2 aliphatic heterocycles. The van der Waals surface area contributed by atoms with Crippen molar-refractivity contribution in [1.82, 2.24) is 0 Å². The number of Topliss-reactive ketones (excluding diaryl/α,β-unsaturated/α-hetero) is 1. The third-order valence-corrected chi connectivity index (χ3v) is 5.76. The number of halogens is 1. The Morgan fingerprint density at radius 2 is 1.85 bits per heavy atom. The fraction of sp³-hybridized carbons (Fsp3) is 0.0769. The lowest BCUT2D eigenvalue weighted by Gasteiger charge is -2.06. The zero-order chi connectivity index (χ0) is 23.4. The molecule has 8 heteroatoms. The zero-order valence-electron chi connectivity index (χ0n) is 17.7. The van der Waals surface area contributed by atoms with E-state index in [0.717, 1.165) is 5.56 Å². The van der Waals surface area contributed by atoms with Gasteiger partial charge in [-0.3, -0.25) is 4.79 Å². The summed E-state index contributed by atoms with van der Waals surface area (Å²) in [5, 5.41) is 1.23. The third kappa shape index (κ3) is 3.47. The maximum atomic E-state index is 13.0. The molecule has 0 aliphatic carbocycles. The van der Waals surface area contributed by atoms with E-state index in [9.17, 15) is 9.59 Å².